The molecule has 0 unspecified atom stereocenters. The number of carbonyl (C=O) groups is 1. The molecule has 8 heteroatoms. The number of carboxylic acid groups (broad SMARTS) is 1. The van der Waals surface area contributed by atoms with Crippen molar-refractivity contribution in [2.75, 3.05) is 13.1 Å². The van der Waals surface area contributed by atoms with E-state index in [-0.39, 0.29) is 17.3 Å². The third kappa shape index (κ3) is 3.69. The van der Waals surface area contributed by atoms with Crippen LogP contribution in [0.5, 0.6) is 5.88 Å². The van der Waals surface area contributed by atoms with Crippen molar-refractivity contribution < 1.29 is 19.0 Å². The number of benzene rings is 1. The van der Waals surface area contributed by atoms with E-state index in [1.165, 1.54) is 23.1 Å². The van der Waals surface area contributed by atoms with Gasteiger partial charge in [-0.05, 0) is 55.4 Å². The van der Waals surface area contributed by atoms with Gasteiger partial charge >= 0.3 is 6.09 Å². The molecule has 1 amide bonds. The Kier molecular flexibility index (Phi) is 4.63. The number of likely N-dealkylation sites (tertiary alicyclic amines) is 1. The molecule has 1 aliphatic heterocycles. The van der Waals surface area contributed by atoms with Gasteiger partial charge in [-0.1, -0.05) is 11.6 Å². The van der Waals surface area contributed by atoms with Gasteiger partial charge in [0, 0.05) is 24.7 Å². The highest BCUT2D eigenvalue weighted by atomic mass is 35.5. The first-order valence-corrected chi connectivity index (χ1v) is 9.26. The lowest BCUT2D eigenvalue weighted by Crippen LogP contribution is -2.51. The lowest BCUT2D eigenvalue weighted by Gasteiger charge is -2.51. The Morgan fingerprint density at radius 2 is 1.96 bits per heavy atom. The van der Waals surface area contributed by atoms with Crippen LogP contribution in [-0.2, 0) is 0 Å². The minimum Gasteiger partial charge on any atom is -0.473 e. The second-order valence-corrected chi connectivity index (χ2v) is 7.71. The highest BCUT2D eigenvalue weighted by Crippen LogP contribution is 2.50. The molecule has 0 radical (unpaired) electrons. The van der Waals surface area contributed by atoms with Crippen LogP contribution in [0.1, 0.15) is 25.7 Å². The third-order valence-electron chi connectivity index (χ3n) is 5.55. The molecular formula is C19H19ClFN3O3. The first kappa shape index (κ1) is 18.0. The molecule has 0 atom stereocenters. The average Bonchev–Trinajstić information content (AvgIpc) is 2.63. The van der Waals surface area contributed by atoms with Gasteiger partial charge in [0.15, 0.2) is 0 Å². The van der Waals surface area contributed by atoms with Gasteiger partial charge in [-0.15, -0.1) is 10.2 Å². The van der Waals surface area contributed by atoms with Crippen LogP contribution in [-0.4, -0.2) is 45.5 Å². The summed E-state index contributed by atoms with van der Waals surface area (Å²) >= 11 is 6.09. The number of piperidine rings is 1. The van der Waals surface area contributed by atoms with Gasteiger partial charge in [0.05, 0.1) is 10.7 Å². The Hall–Kier alpha value is -2.41. The van der Waals surface area contributed by atoms with Crippen LogP contribution < -0.4 is 4.74 Å². The molecule has 1 saturated heterocycles. The van der Waals surface area contributed by atoms with E-state index >= 15 is 0 Å². The molecule has 1 N–H and O–H groups in total. The zero-order valence-electron chi connectivity index (χ0n) is 14.6. The Bertz CT molecular complexity index is 846. The Morgan fingerprint density at radius 3 is 2.59 bits per heavy atom. The summed E-state index contributed by atoms with van der Waals surface area (Å²) in [7, 11) is 0. The van der Waals surface area contributed by atoms with Gasteiger partial charge in [0.2, 0.25) is 5.88 Å². The normalized spacial score (nSPS) is 19.0. The van der Waals surface area contributed by atoms with Crippen LogP contribution in [0.2, 0.25) is 5.02 Å². The van der Waals surface area contributed by atoms with E-state index < -0.39 is 6.09 Å². The molecule has 1 saturated carbocycles. The smallest absolute Gasteiger partial charge is 0.407 e. The number of rotatable bonds is 3. The van der Waals surface area contributed by atoms with Gasteiger partial charge in [0.25, 0.3) is 0 Å². The highest BCUT2D eigenvalue weighted by molar-refractivity contribution is 6.33. The number of hydrogen-bond donors (Lipinski definition) is 1. The van der Waals surface area contributed by atoms with Gasteiger partial charge in [-0.2, -0.15) is 0 Å². The van der Waals surface area contributed by atoms with Crippen LogP contribution in [0.15, 0.2) is 30.3 Å². The summed E-state index contributed by atoms with van der Waals surface area (Å²) in [5, 5.41) is 17.6. The number of amides is 1. The molecule has 2 aromatic rings. The Balaban J connectivity index is 1.34. The maximum absolute atomic E-state index is 13.4. The van der Waals surface area contributed by atoms with Crippen LogP contribution in [0.25, 0.3) is 11.3 Å². The second kappa shape index (κ2) is 6.96. The standard InChI is InChI=1S/C19H19ClFN3O3/c20-15-2-1-12(21)9-14(15)16-3-4-17(23-22-16)27-13-10-19(11-13)5-7-24(8-6-19)18(25)26/h1-4,9,13H,5-8,10-11H2,(H,25,26). The summed E-state index contributed by atoms with van der Waals surface area (Å²) in [4.78, 5) is 12.5. The fourth-order valence-corrected chi connectivity index (χ4v) is 4.18. The lowest BCUT2D eigenvalue weighted by molar-refractivity contribution is -0.0534. The molecule has 0 bridgehead atoms. The Morgan fingerprint density at radius 1 is 1.22 bits per heavy atom. The molecule has 27 heavy (non-hydrogen) atoms. The predicted octanol–water partition coefficient (Wildman–Crippen LogP) is 4.24. The van der Waals surface area contributed by atoms with Crippen LogP contribution >= 0.6 is 11.6 Å². The molecule has 2 heterocycles. The summed E-state index contributed by atoms with van der Waals surface area (Å²) in [5.74, 6) is 0.0411. The molecule has 4 rings (SSSR count). The predicted molar refractivity (Wildman–Crippen MR) is 97.4 cm³/mol. The number of ether oxygens (including phenoxy) is 1. The largest absolute Gasteiger partial charge is 0.473 e. The van der Waals surface area contributed by atoms with Crippen molar-refractivity contribution in [1.82, 2.24) is 15.1 Å². The van der Waals surface area contributed by atoms with Crippen molar-refractivity contribution in [3.63, 3.8) is 0 Å². The average molecular weight is 392 g/mol. The fraction of sp³-hybridized carbons (Fsp3) is 0.421. The van der Waals surface area contributed by atoms with Crippen molar-refractivity contribution in [3.05, 3.63) is 41.2 Å². The molecule has 2 fully saturated rings. The Labute approximate surface area is 160 Å². The van der Waals surface area contributed by atoms with Crippen molar-refractivity contribution >= 4 is 17.7 Å². The minimum atomic E-state index is -0.842. The maximum Gasteiger partial charge on any atom is 0.407 e. The molecule has 2 aliphatic rings. The van der Waals surface area contributed by atoms with E-state index in [2.05, 4.69) is 10.2 Å². The second-order valence-electron chi connectivity index (χ2n) is 7.30. The number of aromatic nitrogens is 2. The van der Waals surface area contributed by atoms with E-state index in [0.717, 1.165) is 25.7 Å². The SMILES string of the molecule is O=C(O)N1CCC2(CC1)CC(Oc1ccc(-c3cc(F)ccc3Cl)nn1)C2. The van der Waals surface area contributed by atoms with E-state index in [9.17, 15) is 9.18 Å². The van der Waals surface area contributed by atoms with Crippen LogP contribution in [0, 0.1) is 11.2 Å². The third-order valence-corrected chi connectivity index (χ3v) is 5.88. The summed E-state index contributed by atoms with van der Waals surface area (Å²) in [6, 6.07) is 7.53. The monoisotopic (exact) mass is 391 g/mol. The molecule has 1 aliphatic carbocycles. The molecule has 142 valence electrons. The fourth-order valence-electron chi connectivity index (χ4n) is 3.96. The maximum atomic E-state index is 13.4. The van der Waals surface area contributed by atoms with Crippen molar-refractivity contribution in [3.8, 4) is 17.1 Å². The van der Waals surface area contributed by atoms with Gasteiger partial charge in [-0.25, -0.2) is 9.18 Å². The van der Waals surface area contributed by atoms with Gasteiger partial charge in [0.1, 0.15) is 11.9 Å². The zero-order valence-corrected chi connectivity index (χ0v) is 15.3. The van der Waals surface area contributed by atoms with Crippen molar-refractivity contribution in [2.45, 2.75) is 31.8 Å². The molecule has 1 aromatic carbocycles. The van der Waals surface area contributed by atoms with E-state index in [1.807, 2.05) is 0 Å². The van der Waals surface area contributed by atoms with Crippen molar-refractivity contribution in [2.24, 2.45) is 5.41 Å². The molecule has 1 spiro atoms. The number of halogens is 2. The summed E-state index contributed by atoms with van der Waals surface area (Å²) in [6.45, 7) is 1.18. The highest BCUT2D eigenvalue weighted by Gasteiger charge is 2.47. The van der Waals surface area contributed by atoms with Gasteiger partial charge in [-0.3, -0.25) is 0 Å². The van der Waals surface area contributed by atoms with E-state index in [4.69, 9.17) is 21.4 Å². The summed E-state index contributed by atoms with van der Waals surface area (Å²) < 4.78 is 19.3. The number of hydrogen-bond acceptors (Lipinski definition) is 4. The van der Waals surface area contributed by atoms with Crippen LogP contribution in [0.3, 0.4) is 0 Å². The first-order chi connectivity index (χ1) is 12.9. The molecule has 6 nitrogen and oxygen atoms in total. The molecular weight excluding hydrogens is 373 g/mol. The van der Waals surface area contributed by atoms with Crippen molar-refractivity contribution in [1.29, 1.82) is 0 Å². The first-order valence-electron chi connectivity index (χ1n) is 8.88. The van der Waals surface area contributed by atoms with E-state index in [1.54, 1.807) is 12.1 Å². The van der Waals surface area contributed by atoms with E-state index in [0.29, 0.717) is 35.2 Å². The molecule has 1 aromatic heterocycles. The summed E-state index contributed by atoms with van der Waals surface area (Å²) in [5.41, 5.74) is 1.17. The minimum absolute atomic E-state index is 0.0688. The quantitative estimate of drug-likeness (QED) is 0.847. The van der Waals surface area contributed by atoms with Gasteiger partial charge < -0.3 is 14.7 Å². The topological polar surface area (TPSA) is 75.5 Å². The lowest BCUT2D eigenvalue weighted by atomic mass is 9.61. The summed E-state index contributed by atoms with van der Waals surface area (Å²) in [6.07, 6.45) is 2.79. The number of nitrogens with zero attached hydrogens (tertiary/aromatic N) is 3. The zero-order chi connectivity index (χ0) is 19.0. The van der Waals surface area contributed by atoms with Crippen LogP contribution in [0.4, 0.5) is 9.18 Å².